The van der Waals surface area contributed by atoms with Crippen LogP contribution in [0.25, 0.3) is 0 Å². The van der Waals surface area contributed by atoms with E-state index in [-0.39, 0.29) is 0 Å². The van der Waals surface area contributed by atoms with Gasteiger partial charge >= 0.3 is 0 Å². The first kappa shape index (κ1) is 11.8. The zero-order valence-corrected chi connectivity index (χ0v) is 10.5. The van der Waals surface area contributed by atoms with Crippen LogP contribution in [-0.2, 0) is 0 Å². The Morgan fingerprint density at radius 2 is 2.24 bits per heavy atom. The summed E-state index contributed by atoms with van der Waals surface area (Å²) in [6, 6.07) is 1.99. The van der Waals surface area contributed by atoms with Crippen LogP contribution in [0.15, 0.2) is 21.8 Å². The maximum absolute atomic E-state index is 8.88. The normalized spacial score (nSPS) is 9.88. The molecule has 0 saturated carbocycles. The van der Waals surface area contributed by atoms with Gasteiger partial charge in [0.2, 0.25) is 5.13 Å². The van der Waals surface area contributed by atoms with Crippen LogP contribution in [0.4, 0.5) is 5.13 Å². The van der Waals surface area contributed by atoms with E-state index in [1.165, 1.54) is 29.3 Å². The van der Waals surface area contributed by atoms with E-state index < -0.39 is 0 Å². The molecule has 0 aromatic carbocycles. The van der Waals surface area contributed by atoms with E-state index in [1.54, 1.807) is 6.20 Å². The Hall–Kier alpha value is -1.72. The summed E-state index contributed by atoms with van der Waals surface area (Å²) in [4.78, 5) is 8.03. The molecule has 6 nitrogen and oxygen atoms in total. The monoisotopic (exact) mass is 264 g/mol. The molecule has 0 saturated heterocycles. The molecule has 2 heterocycles. The highest BCUT2D eigenvalue weighted by Gasteiger charge is 2.10. The van der Waals surface area contributed by atoms with Gasteiger partial charge in [-0.15, -0.1) is 10.2 Å². The molecular weight excluding hydrogens is 256 g/mol. The van der Waals surface area contributed by atoms with Crippen molar-refractivity contribution in [1.29, 1.82) is 5.26 Å². The Bertz CT molecular complexity index is 546. The topological polar surface area (TPSA) is 87.4 Å². The van der Waals surface area contributed by atoms with E-state index in [2.05, 4.69) is 25.5 Å². The molecule has 0 fully saturated rings. The molecule has 0 amide bonds. The number of hydrogen-bond acceptors (Lipinski definition) is 8. The van der Waals surface area contributed by atoms with E-state index >= 15 is 0 Å². The van der Waals surface area contributed by atoms with Crippen molar-refractivity contribution in [1.82, 2.24) is 20.2 Å². The fraction of sp³-hybridized carbons (Fsp3) is 0.222. The minimum absolute atomic E-state index is 0.303. The predicted octanol–water partition coefficient (Wildman–Crippen LogP) is 1.78. The Kier molecular flexibility index (Phi) is 3.85. The first-order valence-corrected chi connectivity index (χ1v) is 6.43. The van der Waals surface area contributed by atoms with Crippen molar-refractivity contribution >= 4 is 28.2 Å². The third-order valence-corrected chi connectivity index (χ3v) is 3.61. The Morgan fingerprint density at radius 3 is 3.00 bits per heavy atom. The SMILES string of the molecule is CCNc1nnc(Sc2nccnc2C#N)s1. The van der Waals surface area contributed by atoms with Crippen LogP contribution >= 0.6 is 23.1 Å². The molecule has 86 valence electrons. The molecule has 17 heavy (non-hydrogen) atoms. The molecule has 0 aliphatic heterocycles. The molecule has 1 N–H and O–H groups in total. The molecule has 0 aliphatic rings. The number of aromatic nitrogens is 4. The van der Waals surface area contributed by atoms with Crippen molar-refractivity contribution in [2.45, 2.75) is 16.3 Å². The van der Waals surface area contributed by atoms with Crippen LogP contribution in [0.1, 0.15) is 12.6 Å². The molecular formula is C9H8N6S2. The van der Waals surface area contributed by atoms with Crippen molar-refractivity contribution in [3.8, 4) is 6.07 Å². The lowest BCUT2D eigenvalue weighted by molar-refractivity contribution is 0.987. The summed E-state index contributed by atoms with van der Waals surface area (Å²) in [6.07, 6.45) is 3.04. The summed E-state index contributed by atoms with van der Waals surface area (Å²) >= 11 is 2.72. The van der Waals surface area contributed by atoms with Crippen molar-refractivity contribution in [2.24, 2.45) is 0 Å². The first-order valence-electron chi connectivity index (χ1n) is 4.79. The van der Waals surface area contributed by atoms with Crippen molar-refractivity contribution < 1.29 is 0 Å². The average molecular weight is 264 g/mol. The number of anilines is 1. The largest absolute Gasteiger partial charge is 0.360 e. The van der Waals surface area contributed by atoms with Crippen molar-refractivity contribution in [2.75, 3.05) is 11.9 Å². The average Bonchev–Trinajstić information content (AvgIpc) is 2.78. The van der Waals surface area contributed by atoms with E-state index in [0.29, 0.717) is 10.7 Å². The second kappa shape index (κ2) is 5.56. The van der Waals surface area contributed by atoms with E-state index in [0.717, 1.165) is 16.0 Å². The lowest BCUT2D eigenvalue weighted by atomic mass is 10.5. The summed E-state index contributed by atoms with van der Waals surface area (Å²) < 4.78 is 0.734. The predicted molar refractivity (Wildman–Crippen MR) is 64.9 cm³/mol. The van der Waals surface area contributed by atoms with Crippen LogP contribution in [0, 0.1) is 11.3 Å². The fourth-order valence-corrected chi connectivity index (χ4v) is 2.77. The maximum Gasteiger partial charge on any atom is 0.206 e. The molecule has 8 heteroatoms. The summed E-state index contributed by atoms with van der Waals surface area (Å²) in [5.74, 6) is 0. The molecule has 0 aliphatic carbocycles. The quantitative estimate of drug-likeness (QED) is 0.900. The van der Waals surface area contributed by atoms with Gasteiger partial charge < -0.3 is 5.32 Å². The second-order valence-corrected chi connectivity index (χ2v) is 5.04. The van der Waals surface area contributed by atoms with Gasteiger partial charge in [0.05, 0.1) is 0 Å². The minimum Gasteiger partial charge on any atom is -0.360 e. The number of hydrogen-bond donors (Lipinski definition) is 1. The lowest BCUT2D eigenvalue weighted by Gasteiger charge is -1.96. The summed E-state index contributed by atoms with van der Waals surface area (Å²) in [5.41, 5.74) is 0.303. The van der Waals surface area contributed by atoms with Gasteiger partial charge in [0.1, 0.15) is 11.1 Å². The van der Waals surface area contributed by atoms with Crippen LogP contribution < -0.4 is 5.32 Å². The maximum atomic E-state index is 8.88. The van der Waals surface area contributed by atoms with Gasteiger partial charge in [-0.1, -0.05) is 11.3 Å². The smallest absolute Gasteiger partial charge is 0.206 e. The number of nitrogens with one attached hydrogen (secondary N) is 1. The minimum atomic E-state index is 0.303. The highest BCUT2D eigenvalue weighted by Crippen LogP contribution is 2.31. The van der Waals surface area contributed by atoms with Crippen molar-refractivity contribution in [3.63, 3.8) is 0 Å². The van der Waals surface area contributed by atoms with Gasteiger partial charge in [0, 0.05) is 18.9 Å². The Balaban J connectivity index is 2.17. The molecule has 2 aromatic rings. The fourth-order valence-electron chi connectivity index (χ4n) is 1.03. The van der Waals surface area contributed by atoms with E-state index in [1.807, 2.05) is 13.0 Å². The van der Waals surface area contributed by atoms with E-state index in [4.69, 9.17) is 5.26 Å². The third-order valence-electron chi connectivity index (χ3n) is 1.69. The van der Waals surface area contributed by atoms with Gasteiger partial charge in [-0.3, -0.25) is 0 Å². The van der Waals surface area contributed by atoms with E-state index in [9.17, 15) is 0 Å². The zero-order valence-electron chi connectivity index (χ0n) is 8.91. The van der Waals surface area contributed by atoms with Crippen LogP contribution in [0.3, 0.4) is 0 Å². The lowest BCUT2D eigenvalue weighted by Crippen LogP contribution is -1.94. The number of rotatable bonds is 4. The zero-order chi connectivity index (χ0) is 12.1. The van der Waals surface area contributed by atoms with Crippen LogP contribution in [0.2, 0.25) is 0 Å². The van der Waals surface area contributed by atoms with Crippen LogP contribution in [0.5, 0.6) is 0 Å². The molecule has 2 aromatic heterocycles. The van der Waals surface area contributed by atoms with Crippen LogP contribution in [-0.4, -0.2) is 26.7 Å². The highest BCUT2D eigenvalue weighted by molar-refractivity contribution is 8.01. The standard InChI is InChI=1S/C9H8N6S2/c1-2-11-8-14-15-9(17-8)16-7-6(5-10)12-3-4-13-7/h3-4H,2H2,1H3,(H,11,14). The number of nitriles is 1. The Labute approximate surface area is 106 Å². The molecule has 0 radical (unpaired) electrons. The summed E-state index contributed by atoms with van der Waals surface area (Å²) in [5, 5.41) is 21.2. The molecule has 2 rings (SSSR count). The van der Waals surface area contributed by atoms with Gasteiger partial charge in [-0.2, -0.15) is 5.26 Å². The van der Waals surface area contributed by atoms with Gasteiger partial charge in [0.25, 0.3) is 0 Å². The Morgan fingerprint density at radius 1 is 1.41 bits per heavy atom. The molecule has 0 atom stereocenters. The van der Waals surface area contributed by atoms with Gasteiger partial charge in [-0.25, -0.2) is 9.97 Å². The molecule has 0 unspecified atom stereocenters. The summed E-state index contributed by atoms with van der Waals surface area (Å²) in [6.45, 7) is 2.79. The summed E-state index contributed by atoms with van der Waals surface area (Å²) in [7, 11) is 0. The van der Waals surface area contributed by atoms with Gasteiger partial charge in [0.15, 0.2) is 10.0 Å². The third kappa shape index (κ3) is 2.89. The van der Waals surface area contributed by atoms with Crippen molar-refractivity contribution in [3.05, 3.63) is 18.1 Å². The highest BCUT2D eigenvalue weighted by atomic mass is 32.2. The van der Waals surface area contributed by atoms with Gasteiger partial charge in [-0.05, 0) is 18.7 Å². The molecule has 0 bridgehead atoms. The molecule has 0 spiro atoms. The first-order chi connectivity index (χ1) is 8.33. The number of nitrogens with zero attached hydrogens (tertiary/aromatic N) is 5. The second-order valence-electron chi connectivity index (χ2n) is 2.83.